The van der Waals surface area contributed by atoms with Crippen molar-refractivity contribution in [2.75, 3.05) is 20.2 Å². The van der Waals surface area contributed by atoms with E-state index in [2.05, 4.69) is 28.9 Å². The highest BCUT2D eigenvalue weighted by Gasteiger charge is 2.44. The summed E-state index contributed by atoms with van der Waals surface area (Å²) in [6, 6.07) is 4.16. The quantitative estimate of drug-likeness (QED) is 0.866. The molecule has 1 fully saturated rings. The van der Waals surface area contributed by atoms with Gasteiger partial charge >= 0.3 is 0 Å². The van der Waals surface area contributed by atoms with Crippen LogP contribution in [0.5, 0.6) is 0 Å². The van der Waals surface area contributed by atoms with E-state index in [-0.39, 0.29) is 11.6 Å². The van der Waals surface area contributed by atoms with Gasteiger partial charge in [0.2, 0.25) is 0 Å². The molecule has 0 aliphatic heterocycles. The lowest BCUT2D eigenvalue weighted by atomic mass is 9.77. The topological polar surface area (TPSA) is 51.4 Å². The molecule has 1 aliphatic carbocycles. The fourth-order valence-corrected chi connectivity index (χ4v) is 3.54. The molecule has 112 valence electrons. The van der Waals surface area contributed by atoms with Crippen molar-refractivity contribution in [3.05, 3.63) is 30.1 Å². The molecule has 0 radical (unpaired) electrons. The lowest BCUT2D eigenvalue weighted by Gasteiger charge is -2.50. The van der Waals surface area contributed by atoms with Crippen molar-refractivity contribution in [3.8, 4) is 0 Å². The summed E-state index contributed by atoms with van der Waals surface area (Å²) in [5.41, 5.74) is 7.46. The van der Waals surface area contributed by atoms with Crippen LogP contribution in [-0.2, 0) is 11.3 Å². The fourth-order valence-electron chi connectivity index (χ4n) is 3.54. The van der Waals surface area contributed by atoms with Gasteiger partial charge in [0.05, 0.1) is 11.6 Å². The summed E-state index contributed by atoms with van der Waals surface area (Å²) >= 11 is 0. The molecule has 1 heterocycles. The summed E-state index contributed by atoms with van der Waals surface area (Å²) in [7, 11) is 1.82. The summed E-state index contributed by atoms with van der Waals surface area (Å²) in [5.74, 6) is 0. The van der Waals surface area contributed by atoms with Crippen LogP contribution in [-0.4, -0.2) is 41.7 Å². The molecule has 1 aromatic rings. The van der Waals surface area contributed by atoms with Crippen molar-refractivity contribution in [1.82, 2.24) is 9.88 Å². The number of rotatable bonds is 6. The fraction of sp³-hybridized carbons (Fsp3) is 0.688. The number of methoxy groups -OCH3 is 1. The van der Waals surface area contributed by atoms with E-state index in [1.165, 1.54) is 18.4 Å². The van der Waals surface area contributed by atoms with Crippen molar-refractivity contribution in [2.24, 2.45) is 5.73 Å². The number of ether oxygens (including phenoxy) is 1. The second-order valence-electron chi connectivity index (χ2n) is 5.65. The number of pyridine rings is 1. The van der Waals surface area contributed by atoms with E-state index in [4.69, 9.17) is 10.5 Å². The molecule has 4 heteroatoms. The molecule has 2 atom stereocenters. The SMILES string of the molecule is CCN(Cc1ccncc1)C1(CN)CCCCC1OC. The Bertz CT molecular complexity index is 398. The number of nitrogens with zero attached hydrogens (tertiary/aromatic N) is 2. The third-order valence-electron chi connectivity index (χ3n) is 4.70. The Balaban J connectivity index is 2.21. The number of nitrogens with two attached hydrogens (primary N) is 1. The van der Waals surface area contributed by atoms with Crippen LogP contribution in [0.2, 0.25) is 0 Å². The van der Waals surface area contributed by atoms with Crippen LogP contribution in [0.4, 0.5) is 0 Å². The monoisotopic (exact) mass is 277 g/mol. The Labute approximate surface area is 122 Å². The summed E-state index contributed by atoms with van der Waals surface area (Å²) in [6.07, 6.45) is 8.67. The van der Waals surface area contributed by atoms with E-state index in [1.807, 2.05) is 19.5 Å². The summed E-state index contributed by atoms with van der Waals surface area (Å²) < 4.78 is 5.78. The molecule has 0 amide bonds. The van der Waals surface area contributed by atoms with Crippen LogP contribution in [0, 0.1) is 0 Å². The van der Waals surface area contributed by atoms with Gasteiger partial charge in [0.25, 0.3) is 0 Å². The van der Waals surface area contributed by atoms with Gasteiger partial charge in [0.1, 0.15) is 0 Å². The molecule has 0 saturated heterocycles. The number of likely N-dealkylation sites (N-methyl/N-ethyl adjacent to an activating group) is 1. The molecule has 1 saturated carbocycles. The van der Waals surface area contributed by atoms with Crippen molar-refractivity contribution >= 4 is 0 Å². The zero-order chi connectivity index (χ0) is 14.4. The average molecular weight is 277 g/mol. The highest BCUT2D eigenvalue weighted by atomic mass is 16.5. The molecule has 1 aliphatic rings. The molecule has 2 unspecified atom stereocenters. The largest absolute Gasteiger partial charge is 0.379 e. The Hall–Kier alpha value is -0.970. The van der Waals surface area contributed by atoms with Gasteiger partial charge in [-0.1, -0.05) is 19.8 Å². The van der Waals surface area contributed by atoms with Crippen LogP contribution in [0.1, 0.15) is 38.2 Å². The first-order valence-electron chi connectivity index (χ1n) is 7.63. The number of hydrogen-bond acceptors (Lipinski definition) is 4. The van der Waals surface area contributed by atoms with Gasteiger partial charge in [-0.3, -0.25) is 9.88 Å². The van der Waals surface area contributed by atoms with Gasteiger partial charge in [0, 0.05) is 32.6 Å². The highest BCUT2D eigenvalue weighted by Crippen LogP contribution is 2.35. The predicted octanol–water partition coefficient (Wildman–Crippen LogP) is 2.19. The number of aromatic nitrogens is 1. The van der Waals surface area contributed by atoms with Crippen LogP contribution >= 0.6 is 0 Å². The zero-order valence-electron chi connectivity index (χ0n) is 12.7. The summed E-state index contributed by atoms with van der Waals surface area (Å²) in [5, 5.41) is 0. The normalized spacial score (nSPS) is 26.9. The third-order valence-corrected chi connectivity index (χ3v) is 4.70. The third kappa shape index (κ3) is 3.03. The molecular weight excluding hydrogens is 250 g/mol. The maximum absolute atomic E-state index is 6.20. The Morgan fingerprint density at radius 2 is 2.15 bits per heavy atom. The van der Waals surface area contributed by atoms with Crippen LogP contribution in [0.25, 0.3) is 0 Å². The smallest absolute Gasteiger partial charge is 0.0767 e. The van der Waals surface area contributed by atoms with Gasteiger partial charge in [-0.05, 0) is 37.1 Å². The van der Waals surface area contributed by atoms with Gasteiger partial charge in [-0.15, -0.1) is 0 Å². The summed E-state index contributed by atoms with van der Waals surface area (Å²) in [4.78, 5) is 6.59. The molecule has 2 N–H and O–H groups in total. The summed E-state index contributed by atoms with van der Waals surface area (Å²) in [6.45, 7) is 4.76. The minimum atomic E-state index is -0.0228. The van der Waals surface area contributed by atoms with E-state index in [1.54, 1.807) is 0 Å². The molecule has 0 bridgehead atoms. The van der Waals surface area contributed by atoms with E-state index >= 15 is 0 Å². The van der Waals surface area contributed by atoms with Crippen LogP contribution < -0.4 is 5.73 Å². The zero-order valence-corrected chi connectivity index (χ0v) is 12.7. The van der Waals surface area contributed by atoms with Crippen LogP contribution in [0.3, 0.4) is 0 Å². The molecule has 1 aromatic heterocycles. The minimum Gasteiger partial charge on any atom is -0.379 e. The Morgan fingerprint density at radius 3 is 2.75 bits per heavy atom. The van der Waals surface area contributed by atoms with Gasteiger partial charge < -0.3 is 10.5 Å². The second kappa shape index (κ2) is 7.16. The number of hydrogen-bond donors (Lipinski definition) is 1. The van der Waals surface area contributed by atoms with Crippen LogP contribution in [0.15, 0.2) is 24.5 Å². The maximum Gasteiger partial charge on any atom is 0.0767 e. The average Bonchev–Trinajstić information content (AvgIpc) is 2.53. The first-order valence-corrected chi connectivity index (χ1v) is 7.63. The molecule has 0 aromatic carbocycles. The first kappa shape index (κ1) is 15.4. The van der Waals surface area contributed by atoms with E-state index in [0.29, 0.717) is 6.54 Å². The van der Waals surface area contributed by atoms with Crippen molar-refractivity contribution in [1.29, 1.82) is 0 Å². The molecule has 4 nitrogen and oxygen atoms in total. The molecule has 20 heavy (non-hydrogen) atoms. The van der Waals surface area contributed by atoms with Crippen molar-refractivity contribution < 1.29 is 4.74 Å². The maximum atomic E-state index is 6.20. The van der Waals surface area contributed by atoms with Crippen molar-refractivity contribution in [3.63, 3.8) is 0 Å². The van der Waals surface area contributed by atoms with Crippen molar-refractivity contribution in [2.45, 2.75) is 50.8 Å². The first-order chi connectivity index (χ1) is 9.76. The minimum absolute atomic E-state index is 0.0228. The van der Waals surface area contributed by atoms with Gasteiger partial charge in [0.15, 0.2) is 0 Å². The lowest BCUT2D eigenvalue weighted by Crippen LogP contribution is -2.62. The van der Waals surface area contributed by atoms with E-state index in [9.17, 15) is 0 Å². The highest BCUT2D eigenvalue weighted by molar-refractivity contribution is 5.12. The Morgan fingerprint density at radius 1 is 1.40 bits per heavy atom. The second-order valence-corrected chi connectivity index (χ2v) is 5.65. The molecular formula is C16H27N3O. The Kier molecular flexibility index (Phi) is 5.52. The molecule has 0 spiro atoms. The lowest BCUT2D eigenvalue weighted by molar-refractivity contribution is -0.0773. The predicted molar refractivity (Wildman–Crippen MR) is 81.4 cm³/mol. The van der Waals surface area contributed by atoms with E-state index < -0.39 is 0 Å². The van der Waals surface area contributed by atoms with Gasteiger partial charge in [-0.25, -0.2) is 0 Å². The molecule has 2 rings (SSSR count). The standard InChI is InChI=1S/C16H27N3O/c1-3-19(12-14-7-10-18-11-8-14)16(13-17)9-5-4-6-15(16)20-2/h7-8,10-11,15H,3-6,9,12-13,17H2,1-2H3. The van der Waals surface area contributed by atoms with E-state index in [0.717, 1.165) is 25.9 Å². The van der Waals surface area contributed by atoms with Gasteiger partial charge in [-0.2, -0.15) is 0 Å².